The van der Waals surface area contributed by atoms with E-state index in [-0.39, 0.29) is 5.38 Å². The molecule has 0 N–H and O–H groups in total. The third-order valence-electron chi connectivity index (χ3n) is 4.05. The Morgan fingerprint density at radius 1 is 1.07 bits per heavy atom. The number of allylic oxidation sites excluding steroid dienone is 12. The lowest BCUT2D eigenvalue weighted by atomic mass is 10.1. The number of nitrogens with zero attached hydrogens (tertiary/aromatic N) is 2. The lowest BCUT2D eigenvalue weighted by Gasteiger charge is -2.12. The van der Waals surface area contributed by atoms with Crippen molar-refractivity contribution < 1.29 is 13.2 Å². The molecule has 1 heterocycles. The van der Waals surface area contributed by atoms with Crippen LogP contribution in [0.5, 0.6) is 0 Å². The van der Waals surface area contributed by atoms with Gasteiger partial charge in [0.1, 0.15) is 0 Å². The largest absolute Gasteiger partial charge is 0.435 e. The molecule has 1 atom stereocenters. The van der Waals surface area contributed by atoms with E-state index in [1.165, 1.54) is 4.68 Å². The highest BCUT2D eigenvalue weighted by Crippen LogP contribution is 2.33. The number of hydrogen-bond acceptors (Lipinski definition) is 1. The lowest BCUT2D eigenvalue weighted by Crippen LogP contribution is -2.08. The van der Waals surface area contributed by atoms with Crippen LogP contribution >= 0.6 is 11.6 Å². The molecular weight excluding hydrogens is 385 g/mol. The van der Waals surface area contributed by atoms with Crippen LogP contribution in [0.2, 0.25) is 0 Å². The van der Waals surface area contributed by atoms with Gasteiger partial charge in [-0.1, -0.05) is 68.0 Å². The Bertz CT molecular complexity index is 865. The van der Waals surface area contributed by atoms with E-state index in [1.54, 1.807) is 24.3 Å². The molecule has 28 heavy (non-hydrogen) atoms. The standard InChI is InChI=1S/C20H18ClF3N2.C2H6/c1-14-6-2-3-7-15(12-14)18-13-19(20(22,23)24)25-26(18)17-10-4-8-16(21)9-5-11-17;1-2/h2-5,7-10,12-13,16H,6,11H2,1H3;1-2H3/b8-4?,9-5-,17-10+;. The smallest absolute Gasteiger partial charge is 0.236 e. The maximum Gasteiger partial charge on any atom is 0.435 e. The predicted octanol–water partition coefficient (Wildman–Crippen LogP) is 7.18. The lowest BCUT2D eigenvalue weighted by molar-refractivity contribution is -0.141. The van der Waals surface area contributed by atoms with Gasteiger partial charge in [0, 0.05) is 17.7 Å². The van der Waals surface area contributed by atoms with Gasteiger partial charge >= 0.3 is 6.18 Å². The number of hydrogen-bond donors (Lipinski definition) is 0. The molecule has 150 valence electrons. The van der Waals surface area contributed by atoms with Crippen LogP contribution in [-0.2, 0) is 6.18 Å². The molecule has 2 aliphatic carbocycles. The molecule has 2 nitrogen and oxygen atoms in total. The summed E-state index contributed by atoms with van der Waals surface area (Å²) in [5, 5.41) is 3.63. The van der Waals surface area contributed by atoms with Gasteiger partial charge in [-0.15, -0.1) is 11.6 Å². The van der Waals surface area contributed by atoms with E-state index in [1.807, 2.05) is 51.2 Å². The zero-order chi connectivity index (χ0) is 20.7. The first-order chi connectivity index (χ1) is 13.3. The average Bonchev–Trinajstić information content (AvgIpc) is 2.97. The van der Waals surface area contributed by atoms with Crippen molar-refractivity contribution in [2.24, 2.45) is 0 Å². The molecule has 0 bridgehead atoms. The second kappa shape index (κ2) is 9.78. The molecule has 0 spiro atoms. The molecule has 1 unspecified atom stereocenters. The van der Waals surface area contributed by atoms with Gasteiger partial charge in [0.05, 0.1) is 11.1 Å². The van der Waals surface area contributed by atoms with E-state index in [4.69, 9.17) is 11.6 Å². The summed E-state index contributed by atoms with van der Waals surface area (Å²) in [7, 11) is 0. The van der Waals surface area contributed by atoms with Crippen molar-refractivity contribution in [3.63, 3.8) is 0 Å². The number of alkyl halides is 4. The highest BCUT2D eigenvalue weighted by atomic mass is 35.5. The van der Waals surface area contributed by atoms with Gasteiger partial charge in [0.15, 0.2) is 5.69 Å². The summed E-state index contributed by atoms with van der Waals surface area (Å²) >= 11 is 6.04. The highest BCUT2D eigenvalue weighted by Gasteiger charge is 2.35. The Labute approximate surface area is 169 Å². The maximum atomic E-state index is 13.3. The highest BCUT2D eigenvalue weighted by molar-refractivity contribution is 6.23. The molecule has 0 radical (unpaired) electrons. The Morgan fingerprint density at radius 2 is 1.82 bits per heavy atom. The van der Waals surface area contributed by atoms with Crippen LogP contribution in [0.1, 0.15) is 45.0 Å². The first-order valence-corrected chi connectivity index (χ1v) is 9.68. The summed E-state index contributed by atoms with van der Waals surface area (Å²) in [6, 6.07) is 1.10. The summed E-state index contributed by atoms with van der Waals surface area (Å²) < 4.78 is 41.2. The quantitative estimate of drug-likeness (QED) is 0.374. The van der Waals surface area contributed by atoms with Crippen LogP contribution in [0.25, 0.3) is 11.3 Å². The fourth-order valence-corrected chi connectivity index (χ4v) is 2.97. The molecule has 2 aliphatic rings. The first kappa shape index (κ1) is 22.0. The second-order valence-electron chi connectivity index (χ2n) is 6.19. The van der Waals surface area contributed by atoms with E-state index in [9.17, 15) is 13.2 Å². The van der Waals surface area contributed by atoms with E-state index >= 15 is 0 Å². The summed E-state index contributed by atoms with van der Waals surface area (Å²) in [6.45, 7) is 5.95. The molecule has 0 fully saturated rings. The summed E-state index contributed by atoms with van der Waals surface area (Å²) in [4.78, 5) is 0. The number of rotatable bonds is 2. The topological polar surface area (TPSA) is 17.8 Å². The Hall–Kier alpha value is -2.27. The van der Waals surface area contributed by atoms with Gasteiger partial charge in [-0.2, -0.15) is 18.3 Å². The molecule has 0 aliphatic heterocycles. The maximum absolute atomic E-state index is 13.3. The molecule has 3 rings (SSSR count). The Balaban J connectivity index is 0.00000136. The van der Waals surface area contributed by atoms with Crippen LogP contribution in [0.3, 0.4) is 0 Å². The van der Waals surface area contributed by atoms with Crippen LogP contribution in [0, 0.1) is 0 Å². The van der Waals surface area contributed by atoms with Gasteiger partial charge < -0.3 is 0 Å². The van der Waals surface area contributed by atoms with Crippen molar-refractivity contribution >= 4 is 22.9 Å². The van der Waals surface area contributed by atoms with Gasteiger partial charge in [-0.3, -0.25) is 0 Å². The van der Waals surface area contributed by atoms with E-state index in [2.05, 4.69) is 5.10 Å². The zero-order valence-corrected chi connectivity index (χ0v) is 16.9. The van der Waals surface area contributed by atoms with Gasteiger partial charge in [0.25, 0.3) is 0 Å². The molecule has 1 aromatic rings. The monoisotopic (exact) mass is 408 g/mol. The normalized spacial score (nSPS) is 22.5. The van der Waals surface area contributed by atoms with Crippen LogP contribution in [-0.4, -0.2) is 15.2 Å². The summed E-state index contributed by atoms with van der Waals surface area (Å²) in [5.41, 5.74) is 1.93. The van der Waals surface area contributed by atoms with Crippen molar-refractivity contribution in [1.29, 1.82) is 0 Å². The van der Waals surface area contributed by atoms with Crippen LogP contribution in [0.15, 0.2) is 66.3 Å². The molecule has 0 saturated carbocycles. The molecule has 0 amide bonds. The van der Waals surface area contributed by atoms with Crippen molar-refractivity contribution in [1.82, 2.24) is 9.78 Å². The molecule has 0 aromatic carbocycles. The van der Waals surface area contributed by atoms with Crippen molar-refractivity contribution in [2.75, 3.05) is 0 Å². The fraction of sp³-hybridized carbons (Fsp3) is 0.318. The second-order valence-corrected chi connectivity index (χ2v) is 6.69. The minimum atomic E-state index is -4.50. The predicted molar refractivity (Wildman–Crippen MR) is 111 cm³/mol. The van der Waals surface area contributed by atoms with E-state index in [0.29, 0.717) is 23.4 Å². The Kier molecular flexibility index (Phi) is 7.69. The van der Waals surface area contributed by atoms with Crippen molar-refractivity contribution in [3.05, 3.63) is 77.7 Å². The first-order valence-electron chi connectivity index (χ1n) is 9.24. The van der Waals surface area contributed by atoms with E-state index in [0.717, 1.165) is 18.1 Å². The minimum Gasteiger partial charge on any atom is -0.236 e. The molecule has 6 heteroatoms. The third kappa shape index (κ3) is 5.61. The van der Waals surface area contributed by atoms with Crippen LogP contribution < -0.4 is 0 Å². The van der Waals surface area contributed by atoms with Gasteiger partial charge in [-0.25, -0.2) is 4.68 Å². The van der Waals surface area contributed by atoms with Gasteiger partial charge in [0.2, 0.25) is 0 Å². The fourth-order valence-electron chi connectivity index (χ4n) is 2.78. The van der Waals surface area contributed by atoms with Crippen molar-refractivity contribution in [3.8, 4) is 0 Å². The Morgan fingerprint density at radius 3 is 2.54 bits per heavy atom. The van der Waals surface area contributed by atoms with Crippen molar-refractivity contribution in [2.45, 2.75) is 45.2 Å². The summed E-state index contributed by atoms with van der Waals surface area (Å²) in [5.74, 6) is 0. The SMILES string of the molecule is CC.CC1=CC(c2cc(C(F)(F)F)nn2/C2=C/C=CC(Cl)/C=C\C2)=CC=CC1. The van der Waals surface area contributed by atoms with Gasteiger partial charge in [-0.05, 0) is 25.5 Å². The van der Waals surface area contributed by atoms with E-state index < -0.39 is 11.9 Å². The molecular formula is C22H24ClF3N2. The molecule has 1 aromatic heterocycles. The minimum absolute atomic E-state index is 0.226. The third-order valence-corrected chi connectivity index (χ3v) is 4.34. The zero-order valence-electron chi connectivity index (χ0n) is 16.2. The summed E-state index contributed by atoms with van der Waals surface area (Å²) in [6.07, 6.45) is 13.2. The van der Waals surface area contributed by atoms with Crippen LogP contribution in [0.4, 0.5) is 13.2 Å². The number of aromatic nitrogens is 2. The average molecular weight is 409 g/mol. The molecule has 0 saturated heterocycles. The number of halogens is 4.